The molecule has 0 unspecified atom stereocenters. The van der Waals surface area contributed by atoms with Crippen molar-refractivity contribution in [1.82, 2.24) is 24.6 Å². The third-order valence-electron chi connectivity index (χ3n) is 3.22. The second-order valence-electron chi connectivity index (χ2n) is 4.80. The number of amides is 1. The number of fused-ring (bicyclic) bond motifs is 1. The van der Waals surface area contributed by atoms with Crippen molar-refractivity contribution in [2.45, 2.75) is 11.6 Å². The van der Waals surface area contributed by atoms with Gasteiger partial charge in [0, 0.05) is 19.0 Å². The van der Waals surface area contributed by atoms with Gasteiger partial charge in [-0.3, -0.25) is 9.48 Å². The van der Waals surface area contributed by atoms with Gasteiger partial charge in [0.05, 0.1) is 23.9 Å². The van der Waals surface area contributed by atoms with Gasteiger partial charge in [0.1, 0.15) is 11.4 Å². The molecular formula is C14H15N5OS2. The molecule has 114 valence electrons. The minimum Gasteiger partial charge on any atom is -0.340 e. The molecule has 3 aromatic heterocycles. The van der Waals surface area contributed by atoms with Crippen molar-refractivity contribution >= 4 is 40.0 Å². The third kappa shape index (κ3) is 3.12. The van der Waals surface area contributed by atoms with E-state index in [0.717, 1.165) is 16.1 Å². The number of thioether (sulfide) groups is 1. The monoisotopic (exact) mass is 333 g/mol. The Hall–Kier alpha value is -1.93. The van der Waals surface area contributed by atoms with Crippen molar-refractivity contribution in [3.05, 3.63) is 34.9 Å². The highest BCUT2D eigenvalue weighted by Crippen LogP contribution is 2.24. The molecule has 0 fully saturated rings. The van der Waals surface area contributed by atoms with Crippen LogP contribution in [0.15, 0.2) is 35.1 Å². The van der Waals surface area contributed by atoms with Gasteiger partial charge >= 0.3 is 0 Å². The first-order valence-corrected chi connectivity index (χ1v) is 8.53. The first kappa shape index (κ1) is 15.0. The Morgan fingerprint density at radius 1 is 1.45 bits per heavy atom. The Morgan fingerprint density at radius 2 is 2.32 bits per heavy atom. The molecule has 0 bridgehead atoms. The zero-order valence-corrected chi connectivity index (χ0v) is 13.9. The van der Waals surface area contributed by atoms with Crippen molar-refractivity contribution in [1.29, 1.82) is 0 Å². The fraction of sp³-hybridized carbons (Fsp3) is 0.286. The maximum atomic E-state index is 12.2. The Labute approximate surface area is 136 Å². The molecule has 0 saturated carbocycles. The van der Waals surface area contributed by atoms with E-state index in [1.165, 1.54) is 23.0 Å². The molecule has 6 nitrogen and oxygen atoms in total. The third-order valence-corrected chi connectivity index (χ3v) is 5.08. The fourth-order valence-corrected chi connectivity index (χ4v) is 3.68. The predicted molar refractivity (Wildman–Crippen MR) is 87.8 cm³/mol. The maximum Gasteiger partial charge on any atom is 0.233 e. The van der Waals surface area contributed by atoms with Crippen LogP contribution in [-0.2, 0) is 18.4 Å². The molecule has 22 heavy (non-hydrogen) atoms. The largest absolute Gasteiger partial charge is 0.340 e. The number of rotatable bonds is 5. The molecule has 0 spiro atoms. The summed E-state index contributed by atoms with van der Waals surface area (Å²) in [5.41, 5.74) is 0.775. The van der Waals surface area contributed by atoms with Crippen molar-refractivity contribution in [2.75, 3.05) is 12.8 Å². The zero-order valence-electron chi connectivity index (χ0n) is 12.3. The molecule has 0 saturated heterocycles. The van der Waals surface area contributed by atoms with Crippen LogP contribution in [0.4, 0.5) is 0 Å². The molecule has 0 aliphatic carbocycles. The van der Waals surface area contributed by atoms with Gasteiger partial charge in [-0.1, -0.05) is 17.8 Å². The van der Waals surface area contributed by atoms with Crippen LogP contribution in [-0.4, -0.2) is 43.4 Å². The topological polar surface area (TPSA) is 63.9 Å². The average Bonchev–Trinajstić information content (AvgIpc) is 3.15. The first-order valence-electron chi connectivity index (χ1n) is 6.67. The number of carbonyl (C=O) groups is 1. The maximum absolute atomic E-state index is 12.2. The highest BCUT2D eigenvalue weighted by molar-refractivity contribution is 8.00. The molecule has 0 radical (unpaired) electrons. The molecular weight excluding hydrogens is 318 g/mol. The number of carbonyl (C=O) groups excluding carboxylic acids is 1. The predicted octanol–water partition coefficient (Wildman–Crippen LogP) is 2.18. The highest BCUT2D eigenvalue weighted by atomic mass is 32.2. The molecule has 0 aliphatic rings. The van der Waals surface area contributed by atoms with Gasteiger partial charge < -0.3 is 4.90 Å². The van der Waals surface area contributed by atoms with Crippen molar-refractivity contribution in [2.24, 2.45) is 7.05 Å². The smallest absolute Gasteiger partial charge is 0.233 e. The number of aryl methyl sites for hydroxylation is 1. The second kappa shape index (κ2) is 6.45. The van der Waals surface area contributed by atoms with E-state index < -0.39 is 0 Å². The summed E-state index contributed by atoms with van der Waals surface area (Å²) < 4.78 is 1.70. The summed E-state index contributed by atoms with van der Waals surface area (Å²) in [7, 11) is 3.66. The summed E-state index contributed by atoms with van der Waals surface area (Å²) in [5, 5.41) is 7.86. The number of thiophene rings is 1. The van der Waals surface area contributed by atoms with Gasteiger partial charge in [-0.05, 0) is 11.4 Å². The molecule has 0 aliphatic heterocycles. The Kier molecular flexibility index (Phi) is 4.39. The molecule has 3 aromatic rings. The molecule has 1 amide bonds. The number of hydrogen-bond donors (Lipinski definition) is 0. The van der Waals surface area contributed by atoms with Crippen LogP contribution in [0.5, 0.6) is 0 Å². The van der Waals surface area contributed by atoms with Crippen molar-refractivity contribution < 1.29 is 4.79 Å². The van der Waals surface area contributed by atoms with E-state index in [1.54, 1.807) is 27.1 Å². The second-order valence-corrected chi connectivity index (χ2v) is 6.80. The Bertz CT molecular complexity index is 784. The van der Waals surface area contributed by atoms with Crippen LogP contribution in [0.3, 0.4) is 0 Å². The van der Waals surface area contributed by atoms with Crippen LogP contribution >= 0.6 is 23.1 Å². The lowest BCUT2D eigenvalue weighted by Gasteiger charge is -2.15. The van der Waals surface area contributed by atoms with E-state index in [4.69, 9.17) is 0 Å². The molecule has 3 heterocycles. The quantitative estimate of drug-likeness (QED) is 0.529. The van der Waals surface area contributed by atoms with Crippen LogP contribution in [0.2, 0.25) is 0 Å². The van der Waals surface area contributed by atoms with E-state index in [1.807, 2.05) is 31.6 Å². The van der Waals surface area contributed by atoms with Crippen LogP contribution in [0, 0.1) is 0 Å². The average molecular weight is 333 g/mol. The lowest BCUT2D eigenvalue weighted by Crippen LogP contribution is -2.27. The number of aromatic nitrogens is 4. The minimum absolute atomic E-state index is 0.0778. The molecule has 0 aromatic carbocycles. The van der Waals surface area contributed by atoms with Gasteiger partial charge in [-0.2, -0.15) is 5.10 Å². The SMILES string of the molecule is CN(Cc1cccs1)C(=O)CSc1ncnc2c1cnn2C. The Balaban J connectivity index is 1.65. The lowest BCUT2D eigenvalue weighted by molar-refractivity contribution is -0.127. The number of hydrogen-bond acceptors (Lipinski definition) is 6. The molecule has 3 rings (SSSR count). The van der Waals surface area contributed by atoms with Crippen molar-refractivity contribution in [3.63, 3.8) is 0 Å². The summed E-state index contributed by atoms with van der Waals surface area (Å²) in [5.74, 6) is 0.428. The highest BCUT2D eigenvalue weighted by Gasteiger charge is 2.13. The van der Waals surface area contributed by atoms with Crippen molar-refractivity contribution in [3.8, 4) is 0 Å². The van der Waals surface area contributed by atoms with E-state index in [0.29, 0.717) is 12.3 Å². The summed E-state index contributed by atoms with van der Waals surface area (Å²) in [4.78, 5) is 23.6. The minimum atomic E-state index is 0.0778. The van der Waals surface area contributed by atoms with Gasteiger partial charge in [-0.15, -0.1) is 11.3 Å². The van der Waals surface area contributed by atoms with Gasteiger partial charge in [0.15, 0.2) is 5.65 Å². The van der Waals surface area contributed by atoms with Gasteiger partial charge in [-0.25, -0.2) is 9.97 Å². The lowest BCUT2D eigenvalue weighted by atomic mass is 10.4. The standard InChI is InChI=1S/C14H15N5OS2/c1-18(7-10-4-3-5-21-10)12(20)8-22-14-11-6-17-19(2)13(11)15-9-16-14/h3-6,9H,7-8H2,1-2H3. The first-order chi connectivity index (χ1) is 10.6. The summed E-state index contributed by atoms with van der Waals surface area (Å²) in [6.45, 7) is 0.642. The zero-order chi connectivity index (χ0) is 15.5. The van der Waals surface area contributed by atoms with Crippen LogP contribution in [0.25, 0.3) is 11.0 Å². The van der Waals surface area contributed by atoms with E-state index >= 15 is 0 Å². The molecule has 0 atom stereocenters. The molecule has 0 N–H and O–H groups in total. The molecule has 8 heteroatoms. The summed E-state index contributed by atoms with van der Waals surface area (Å²) in [6.07, 6.45) is 3.24. The van der Waals surface area contributed by atoms with Crippen LogP contribution < -0.4 is 0 Å². The summed E-state index contributed by atoms with van der Waals surface area (Å²) >= 11 is 3.08. The van der Waals surface area contributed by atoms with Crippen LogP contribution in [0.1, 0.15) is 4.88 Å². The van der Waals surface area contributed by atoms with Gasteiger partial charge in [0.25, 0.3) is 0 Å². The van der Waals surface area contributed by atoms with E-state index in [-0.39, 0.29) is 5.91 Å². The van der Waals surface area contributed by atoms with Gasteiger partial charge in [0.2, 0.25) is 5.91 Å². The Morgan fingerprint density at radius 3 is 3.09 bits per heavy atom. The number of nitrogens with zero attached hydrogens (tertiary/aromatic N) is 5. The van der Waals surface area contributed by atoms with E-state index in [9.17, 15) is 4.79 Å². The summed E-state index contributed by atoms with van der Waals surface area (Å²) in [6, 6.07) is 4.03. The fourth-order valence-electron chi connectivity index (χ4n) is 2.02. The van der Waals surface area contributed by atoms with E-state index in [2.05, 4.69) is 15.1 Å². The normalized spacial score (nSPS) is 11.0.